The highest BCUT2D eigenvalue weighted by atomic mass is 14.6. The minimum absolute atomic E-state index is 1.11. The van der Waals surface area contributed by atoms with Gasteiger partial charge in [-0.25, -0.2) is 0 Å². The Hall–Kier alpha value is 0. The lowest BCUT2D eigenvalue weighted by Gasteiger charge is -2.45. The van der Waals surface area contributed by atoms with Crippen molar-refractivity contribution in [2.75, 3.05) is 0 Å². The quantitative estimate of drug-likeness (QED) is 0.462. The highest BCUT2D eigenvalue weighted by Gasteiger charge is 2.58. The molecular weight excluding hydrogens is 108 g/mol. The van der Waals surface area contributed by atoms with Crippen LogP contribution in [0.3, 0.4) is 0 Å². The van der Waals surface area contributed by atoms with Crippen molar-refractivity contribution in [1.82, 2.24) is 0 Å². The molecule has 4 saturated carbocycles. The molecule has 0 N–H and O–H groups in total. The summed E-state index contributed by atoms with van der Waals surface area (Å²) in [5, 5.41) is 0. The minimum Gasteiger partial charge on any atom is -0.0620 e. The van der Waals surface area contributed by atoms with Crippen LogP contribution in [0.15, 0.2) is 0 Å². The van der Waals surface area contributed by atoms with Crippen molar-refractivity contribution in [3.8, 4) is 0 Å². The molecule has 0 aliphatic heterocycles. The molecule has 0 saturated heterocycles. The van der Waals surface area contributed by atoms with Gasteiger partial charge in [0.2, 0.25) is 0 Å². The molecule has 4 aliphatic carbocycles. The van der Waals surface area contributed by atoms with Gasteiger partial charge in [0.15, 0.2) is 0 Å². The van der Waals surface area contributed by atoms with Gasteiger partial charge in [0, 0.05) is 0 Å². The van der Waals surface area contributed by atoms with Gasteiger partial charge in [-0.1, -0.05) is 6.92 Å². The summed E-state index contributed by atoms with van der Waals surface area (Å²) in [4.78, 5) is 0. The van der Waals surface area contributed by atoms with Crippen molar-refractivity contribution in [1.29, 1.82) is 0 Å². The first kappa shape index (κ1) is 4.76. The second kappa shape index (κ2) is 1.21. The molecule has 0 amide bonds. The van der Waals surface area contributed by atoms with Crippen molar-refractivity contribution in [3.05, 3.63) is 0 Å². The van der Waals surface area contributed by atoms with E-state index in [-0.39, 0.29) is 0 Å². The third-order valence-corrected chi connectivity index (χ3v) is 4.13. The van der Waals surface area contributed by atoms with Crippen LogP contribution in [0.2, 0.25) is 0 Å². The van der Waals surface area contributed by atoms with Gasteiger partial charge in [-0.05, 0) is 48.9 Å². The smallest absolute Gasteiger partial charge is 0.0352 e. The molecule has 4 rings (SSSR count). The van der Waals surface area contributed by atoms with E-state index in [1.54, 1.807) is 19.3 Å². The molecule has 2 bridgehead atoms. The second-order valence-electron chi connectivity index (χ2n) is 4.41. The molecule has 0 aromatic carbocycles. The maximum absolute atomic E-state index is 2.48. The van der Waals surface area contributed by atoms with E-state index in [1.807, 2.05) is 0 Å². The van der Waals surface area contributed by atoms with E-state index in [0.717, 1.165) is 5.92 Å². The number of hydrogen-bond donors (Lipinski definition) is 0. The lowest BCUT2D eigenvalue weighted by Crippen LogP contribution is -2.36. The van der Waals surface area contributed by atoms with E-state index in [9.17, 15) is 0 Å². The topological polar surface area (TPSA) is 0 Å². The van der Waals surface area contributed by atoms with E-state index in [2.05, 4.69) is 6.92 Å². The predicted molar refractivity (Wildman–Crippen MR) is 37.0 cm³/mol. The van der Waals surface area contributed by atoms with Crippen LogP contribution >= 0.6 is 0 Å². The molecule has 0 spiro atoms. The van der Waals surface area contributed by atoms with Crippen molar-refractivity contribution in [2.24, 2.45) is 29.6 Å². The predicted octanol–water partition coefficient (Wildman–Crippen LogP) is 2.30. The van der Waals surface area contributed by atoms with Crippen LogP contribution in [0.5, 0.6) is 0 Å². The van der Waals surface area contributed by atoms with Crippen LogP contribution in [0, 0.1) is 29.6 Å². The lowest BCUT2D eigenvalue weighted by atomic mass is 9.61. The Morgan fingerprint density at radius 2 is 1.67 bits per heavy atom. The molecule has 0 heteroatoms. The Morgan fingerprint density at radius 3 is 2.22 bits per heavy atom. The largest absolute Gasteiger partial charge is 0.0620 e. The summed E-state index contributed by atoms with van der Waals surface area (Å²) < 4.78 is 0. The summed E-state index contributed by atoms with van der Waals surface area (Å²) >= 11 is 0. The van der Waals surface area contributed by atoms with Crippen LogP contribution in [0.4, 0.5) is 0 Å². The summed E-state index contributed by atoms with van der Waals surface area (Å²) in [6.45, 7) is 2.48. The maximum atomic E-state index is 2.48. The zero-order chi connectivity index (χ0) is 6.01. The molecule has 0 aromatic heterocycles. The second-order valence-corrected chi connectivity index (χ2v) is 4.41. The Kier molecular flexibility index (Phi) is 0.640. The monoisotopic (exact) mass is 122 g/mol. The molecule has 9 heavy (non-hydrogen) atoms. The first-order valence-corrected chi connectivity index (χ1v) is 4.36. The van der Waals surface area contributed by atoms with Crippen molar-refractivity contribution in [2.45, 2.75) is 26.2 Å². The lowest BCUT2D eigenvalue weighted by molar-refractivity contribution is 0.0483. The Labute approximate surface area is 56.6 Å². The van der Waals surface area contributed by atoms with E-state index < -0.39 is 0 Å². The average molecular weight is 122 g/mol. The summed E-state index contributed by atoms with van der Waals surface area (Å²) in [5.41, 5.74) is 0. The molecule has 0 aromatic rings. The van der Waals surface area contributed by atoms with Crippen LogP contribution < -0.4 is 0 Å². The minimum atomic E-state index is 1.11. The van der Waals surface area contributed by atoms with E-state index in [1.165, 1.54) is 23.7 Å². The molecule has 3 unspecified atom stereocenters. The standard InChI is InChI=1S/C9H14/c1-5-6-2-7(3-6)9-4-8(5)9/h5-9H,2-4H2,1H3. The van der Waals surface area contributed by atoms with Gasteiger partial charge in [0.05, 0.1) is 0 Å². The molecule has 4 fully saturated rings. The molecule has 0 nitrogen and oxygen atoms in total. The fraction of sp³-hybridized carbons (Fsp3) is 1.00. The average Bonchev–Trinajstić information content (AvgIpc) is 2.38. The fourth-order valence-electron chi connectivity index (χ4n) is 3.22. The van der Waals surface area contributed by atoms with Gasteiger partial charge < -0.3 is 0 Å². The van der Waals surface area contributed by atoms with Gasteiger partial charge >= 0.3 is 0 Å². The Balaban J connectivity index is 1.91. The molecule has 0 heterocycles. The normalized spacial score (nSPS) is 68.3. The van der Waals surface area contributed by atoms with Gasteiger partial charge in [0.1, 0.15) is 0 Å². The van der Waals surface area contributed by atoms with E-state index >= 15 is 0 Å². The zero-order valence-corrected chi connectivity index (χ0v) is 6.01. The van der Waals surface area contributed by atoms with Crippen LogP contribution in [-0.2, 0) is 0 Å². The van der Waals surface area contributed by atoms with Crippen molar-refractivity contribution in [3.63, 3.8) is 0 Å². The van der Waals surface area contributed by atoms with Crippen molar-refractivity contribution >= 4 is 0 Å². The first-order chi connectivity index (χ1) is 4.36. The zero-order valence-electron chi connectivity index (χ0n) is 6.01. The molecular formula is C9H14. The Bertz CT molecular complexity index is 140. The van der Waals surface area contributed by atoms with Crippen LogP contribution in [0.25, 0.3) is 0 Å². The third kappa shape index (κ3) is 0.426. The van der Waals surface area contributed by atoms with Gasteiger partial charge in [-0.3, -0.25) is 0 Å². The number of rotatable bonds is 0. The first-order valence-electron chi connectivity index (χ1n) is 4.36. The summed E-state index contributed by atoms with van der Waals surface area (Å²) in [5.74, 6) is 5.89. The highest BCUT2D eigenvalue weighted by molar-refractivity contribution is 5.07. The van der Waals surface area contributed by atoms with Crippen LogP contribution in [0.1, 0.15) is 26.2 Å². The SMILES string of the molecule is CC1C2CC(C2)C2CC12. The van der Waals surface area contributed by atoms with Crippen LogP contribution in [-0.4, -0.2) is 0 Å². The molecule has 0 radical (unpaired) electrons. The third-order valence-electron chi connectivity index (χ3n) is 4.13. The fourth-order valence-corrected chi connectivity index (χ4v) is 3.22. The van der Waals surface area contributed by atoms with Crippen molar-refractivity contribution < 1.29 is 0 Å². The molecule has 3 atom stereocenters. The Morgan fingerprint density at radius 1 is 0.889 bits per heavy atom. The summed E-state index contributed by atoms with van der Waals surface area (Å²) in [6.07, 6.45) is 4.80. The summed E-state index contributed by atoms with van der Waals surface area (Å²) in [6, 6.07) is 0. The maximum Gasteiger partial charge on any atom is -0.0352 e. The van der Waals surface area contributed by atoms with Gasteiger partial charge in [-0.2, -0.15) is 0 Å². The molecule has 50 valence electrons. The van der Waals surface area contributed by atoms with Gasteiger partial charge in [0.25, 0.3) is 0 Å². The highest BCUT2D eigenvalue weighted by Crippen LogP contribution is 2.66. The summed E-state index contributed by atoms with van der Waals surface area (Å²) in [7, 11) is 0. The van der Waals surface area contributed by atoms with E-state index in [0.29, 0.717) is 0 Å². The van der Waals surface area contributed by atoms with E-state index in [4.69, 9.17) is 0 Å². The molecule has 4 aliphatic rings. The number of hydrogen-bond acceptors (Lipinski definition) is 0. The van der Waals surface area contributed by atoms with Gasteiger partial charge in [-0.15, -0.1) is 0 Å².